The van der Waals surface area contributed by atoms with Crippen LogP contribution in [-0.4, -0.2) is 39.2 Å². The molecule has 1 aromatic carbocycles. The summed E-state index contributed by atoms with van der Waals surface area (Å²) < 4.78 is 1.84. The monoisotopic (exact) mass is 385 g/mol. The molecule has 144 valence electrons. The Labute approximate surface area is 164 Å². The number of rotatable bonds is 6. The van der Waals surface area contributed by atoms with Crippen molar-refractivity contribution in [1.82, 2.24) is 20.3 Å². The van der Waals surface area contributed by atoms with Crippen molar-refractivity contribution in [1.29, 1.82) is 0 Å². The van der Waals surface area contributed by atoms with E-state index in [1.54, 1.807) is 6.20 Å². The molecule has 7 heteroatoms. The lowest BCUT2D eigenvalue weighted by Crippen LogP contribution is -2.29. The molecule has 1 aliphatic heterocycles. The summed E-state index contributed by atoms with van der Waals surface area (Å²) in [5.74, 6) is 0.802. The van der Waals surface area contributed by atoms with E-state index >= 15 is 0 Å². The van der Waals surface area contributed by atoms with E-state index in [-0.39, 0.29) is 5.91 Å². The third-order valence-corrected chi connectivity index (χ3v) is 6.84. The molecule has 1 saturated heterocycles. The maximum atomic E-state index is 12.5. The van der Waals surface area contributed by atoms with Crippen molar-refractivity contribution in [3.63, 3.8) is 0 Å². The van der Waals surface area contributed by atoms with Gasteiger partial charge in [-0.25, -0.2) is 4.68 Å². The Hall–Kier alpha value is -1.86. The van der Waals surface area contributed by atoms with Crippen LogP contribution in [0.4, 0.5) is 5.69 Å². The van der Waals surface area contributed by atoms with E-state index < -0.39 is 0 Å². The molecule has 0 bridgehead atoms. The zero-order chi connectivity index (χ0) is 18.5. The highest BCUT2D eigenvalue weighted by molar-refractivity contribution is 7.99. The number of benzene rings is 1. The molecule has 1 aliphatic carbocycles. The van der Waals surface area contributed by atoms with Gasteiger partial charge >= 0.3 is 0 Å². The van der Waals surface area contributed by atoms with E-state index in [9.17, 15) is 4.79 Å². The molecule has 2 aliphatic rings. The van der Waals surface area contributed by atoms with Crippen molar-refractivity contribution < 1.29 is 4.79 Å². The number of hydrogen-bond acceptors (Lipinski definition) is 5. The molecular weight excluding hydrogens is 358 g/mol. The maximum absolute atomic E-state index is 12.5. The summed E-state index contributed by atoms with van der Waals surface area (Å²) >= 11 is 2.04. The zero-order valence-corrected chi connectivity index (χ0v) is 16.4. The van der Waals surface area contributed by atoms with Gasteiger partial charge in [0.1, 0.15) is 0 Å². The molecule has 2 N–H and O–H groups in total. The minimum atomic E-state index is -0.198. The fraction of sp³-hybridized carbons (Fsp3) is 0.550. The number of amides is 1. The second kappa shape index (κ2) is 8.89. The van der Waals surface area contributed by atoms with Crippen LogP contribution >= 0.6 is 11.8 Å². The van der Waals surface area contributed by atoms with Crippen LogP contribution in [0, 0.1) is 0 Å². The largest absolute Gasteiger partial charge is 0.321 e. The average molecular weight is 386 g/mol. The molecule has 0 unspecified atom stereocenters. The van der Waals surface area contributed by atoms with Crippen LogP contribution in [-0.2, 0) is 5.75 Å². The van der Waals surface area contributed by atoms with Gasteiger partial charge in [-0.1, -0.05) is 30.2 Å². The van der Waals surface area contributed by atoms with Crippen molar-refractivity contribution in [2.45, 2.75) is 55.6 Å². The van der Waals surface area contributed by atoms with Crippen LogP contribution in [0.1, 0.15) is 60.6 Å². The lowest BCUT2D eigenvalue weighted by atomic mass is 10.1. The molecule has 6 nitrogen and oxygen atoms in total. The number of carbonyl (C=O) groups is 1. The molecule has 0 spiro atoms. The Morgan fingerprint density at radius 3 is 2.85 bits per heavy atom. The first kappa shape index (κ1) is 18.5. The normalized spacial score (nSPS) is 18.7. The first-order chi connectivity index (χ1) is 13.3. The fourth-order valence-electron chi connectivity index (χ4n) is 3.83. The van der Waals surface area contributed by atoms with Gasteiger partial charge in [-0.2, -0.15) is 11.8 Å². The van der Waals surface area contributed by atoms with Gasteiger partial charge in [0.25, 0.3) is 5.91 Å². The first-order valence-electron chi connectivity index (χ1n) is 9.92. The third kappa shape index (κ3) is 4.90. The number of anilines is 1. The SMILES string of the molecule is O=C(Nc1cccc(CSC2CCCC2)c1)c1cn(C2CCNCC2)nn1. The van der Waals surface area contributed by atoms with Gasteiger partial charge in [0.15, 0.2) is 5.69 Å². The topological polar surface area (TPSA) is 71.8 Å². The number of piperidine rings is 1. The lowest BCUT2D eigenvalue weighted by Gasteiger charge is -2.22. The van der Waals surface area contributed by atoms with Crippen molar-refractivity contribution in [2.75, 3.05) is 18.4 Å². The van der Waals surface area contributed by atoms with Crippen LogP contribution in [0.3, 0.4) is 0 Å². The Morgan fingerprint density at radius 1 is 1.22 bits per heavy atom. The molecular formula is C20H27N5OS. The summed E-state index contributed by atoms with van der Waals surface area (Å²) in [4.78, 5) is 12.5. The van der Waals surface area contributed by atoms with Crippen LogP contribution in [0.15, 0.2) is 30.5 Å². The molecule has 0 radical (unpaired) electrons. The number of thioether (sulfide) groups is 1. The highest BCUT2D eigenvalue weighted by atomic mass is 32.2. The Morgan fingerprint density at radius 2 is 2.04 bits per heavy atom. The fourth-order valence-corrected chi connectivity index (χ4v) is 5.11. The second-order valence-corrected chi connectivity index (χ2v) is 8.73. The lowest BCUT2D eigenvalue weighted by molar-refractivity contribution is 0.102. The van der Waals surface area contributed by atoms with Crippen LogP contribution in [0.5, 0.6) is 0 Å². The number of nitrogens with one attached hydrogen (secondary N) is 2. The molecule has 4 rings (SSSR count). The Bertz CT molecular complexity index is 765. The highest BCUT2D eigenvalue weighted by Gasteiger charge is 2.19. The Balaban J connectivity index is 1.34. The highest BCUT2D eigenvalue weighted by Crippen LogP contribution is 2.32. The quantitative estimate of drug-likeness (QED) is 0.794. The van der Waals surface area contributed by atoms with Crippen LogP contribution in [0.2, 0.25) is 0 Å². The smallest absolute Gasteiger partial charge is 0.277 e. The molecule has 0 atom stereocenters. The number of aromatic nitrogens is 3. The van der Waals surface area contributed by atoms with Gasteiger partial charge in [0.05, 0.1) is 12.2 Å². The minimum absolute atomic E-state index is 0.198. The van der Waals surface area contributed by atoms with Crippen LogP contribution < -0.4 is 10.6 Å². The minimum Gasteiger partial charge on any atom is -0.321 e. The number of hydrogen-bond donors (Lipinski definition) is 2. The predicted octanol–water partition coefficient (Wildman–Crippen LogP) is 3.63. The summed E-state index contributed by atoms with van der Waals surface area (Å²) in [5, 5.41) is 15.3. The molecule has 1 amide bonds. The molecule has 2 heterocycles. The first-order valence-corrected chi connectivity index (χ1v) is 11.0. The molecule has 1 aromatic heterocycles. The molecule has 1 saturated carbocycles. The van der Waals surface area contributed by atoms with Gasteiger partial charge in [0, 0.05) is 16.7 Å². The van der Waals surface area contributed by atoms with Crippen LogP contribution in [0.25, 0.3) is 0 Å². The summed E-state index contributed by atoms with van der Waals surface area (Å²) in [6.07, 6.45) is 9.22. The zero-order valence-electron chi connectivity index (χ0n) is 15.6. The van der Waals surface area contributed by atoms with E-state index in [1.165, 1.54) is 31.2 Å². The summed E-state index contributed by atoms with van der Waals surface area (Å²) in [6, 6.07) is 8.46. The van der Waals surface area contributed by atoms with E-state index in [0.717, 1.165) is 42.6 Å². The van der Waals surface area contributed by atoms with Gasteiger partial charge < -0.3 is 10.6 Å². The second-order valence-electron chi connectivity index (χ2n) is 7.44. The van der Waals surface area contributed by atoms with Crippen molar-refractivity contribution in [3.8, 4) is 0 Å². The molecule has 27 heavy (non-hydrogen) atoms. The van der Waals surface area contributed by atoms with E-state index in [0.29, 0.717) is 11.7 Å². The maximum Gasteiger partial charge on any atom is 0.277 e. The summed E-state index contributed by atoms with van der Waals surface area (Å²) in [5.41, 5.74) is 2.45. The molecule has 2 aromatic rings. The molecule has 2 fully saturated rings. The third-order valence-electron chi connectivity index (χ3n) is 5.40. The number of nitrogens with zero attached hydrogens (tertiary/aromatic N) is 3. The van der Waals surface area contributed by atoms with E-state index in [4.69, 9.17) is 0 Å². The Kier molecular flexibility index (Phi) is 6.09. The van der Waals surface area contributed by atoms with Gasteiger partial charge in [0.2, 0.25) is 0 Å². The van der Waals surface area contributed by atoms with E-state index in [2.05, 4.69) is 33.1 Å². The number of carbonyl (C=O) groups excluding carboxylic acids is 1. The summed E-state index contributed by atoms with van der Waals surface area (Å²) in [7, 11) is 0. The van der Waals surface area contributed by atoms with Crippen molar-refractivity contribution in [2.24, 2.45) is 0 Å². The predicted molar refractivity (Wildman–Crippen MR) is 109 cm³/mol. The van der Waals surface area contributed by atoms with Gasteiger partial charge in [-0.05, 0) is 56.5 Å². The van der Waals surface area contributed by atoms with Gasteiger partial charge in [-0.15, -0.1) is 5.10 Å². The van der Waals surface area contributed by atoms with E-state index in [1.807, 2.05) is 28.6 Å². The van der Waals surface area contributed by atoms with Crippen molar-refractivity contribution in [3.05, 3.63) is 41.7 Å². The van der Waals surface area contributed by atoms with Crippen molar-refractivity contribution >= 4 is 23.4 Å². The standard InChI is InChI=1S/C20H27N5OS/c26-20(19-13-25(24-23-19)17-8-10-21-11-9-17)22-16-5-3-4-15(12-16)14-27-18-6-1-2-7-18/h3-5,12-13,17-18,21H,1-2,6-11,14H2,(H,22,26). The van der Waals surface area contributed by atoms with Gasteiger partial charge in [-0.3, -0.25) is 4.79 Å². The summed E-state index contributed by atoms with van der Waals surface area (Å²) in [6.45, 7) is 1.97. The average Bonchev–Trinajstić information content (AvgIpc) is 3.39.